The fourth-order valence-electron chi connectivity index (χ4n) is 2.92. The van der Waals surface area contributed by atoms with Crippen LogP contribution in [0.5, 0.6) is 5.75 Å². The molecule has 156 valence electrons. The van der Waals surface area contributed by atoms with Gasteiger partial charge in [-0.25, -0.2) is 4.68 Å². The lowest BCUT2D eigenvalue weighted by molar-refractivity contribution is -0.117. The van der Waals surface area contributed by atoms with Crippen molar-refractivity contribution in [2.75, 3.05) is 12.4 Å². The molecule has 0 saturated carbocycles. The molecule has 2 heterocycles. The third-order valence-corrected chi connectivity index (χ3v) is 5.30. The van der Waals surface area contributed by atoms with Crippen molar-refractivity contribution in [2.45, 2.75) is 13.0 Å². The van der Waals surface area contributed by atoms with Crippen molar-refractivity contribution < 1.29 is 9.53 Å². The molecule has 2 aromatic heterocycles. The summed E-state index contributed by atoms with van der Waals surface area (Å²) >= 11 is 1.30. The van der Waals surface area contributed by atoms with E-state index < -0.39 is 5.91 Å². The molecule has 0 bridgehead atoms. The van der Waals surface area contributed by atoms with Gasteiger partial charge in [-0.05, 0) is 35.9 Å². The third kappa shape index (κ3) is 5.20. The van der Waals surface area contributed by atoms with Crippen LogP contribution in [0.4, 0.5) is 5.13 Å². The Labute approximate surface area is 182 Å². The number of carbonyl (C=O) groups is 1. The van der Waals surface area contributed by atoms with Crippen molar-refractivity contribution in [2.24, 2.45) is 0 Å². The highest BCUT2D eigenvalue weighted by Crippen LogP contribution is 2.20. The molecule has 1 N–H and O–H groups in total. The summed E-state index contributed by atoms with van der Waals surface area (Å²) in [6, 6.07) is 20.2. The summed E-state index contributed by atoms with van der Waals surface area (Å²) in [7, 11) is 1.59. The lowest BCUT2D eigenvalue weighted by Gasteiger charge is -2.07. The van der Waals surface area contributed by atoms with Crippen LogP contribution >= 0.6 is 11.3 Å². The third-order valence-electron chi connectivity index (χ3n) is 4.46. The molecule has 0 radical (unpaired) electrons. The van der Waals surface area contributed by atoms with Gasteiger partial charge in [0.2, 0.25) is 11.0 Å². The highest BCUT2D eigenvalue weighted by Gasteiger charge is 2.12. The molecule has 0 aliphatic heterocycles. The minimum absolute atomic E-state index is 0.226. The standard InChI is InChI=1S/C22H19N5O3S/c1-30-17-9-7-16(8-10-17)18-11-12-21(29)27(26-18)14-19(28)23-22-25-24-20(31-22)13-15-5-3-2-4-6-15/h2-12H,13-14H2,1H3,(H,23,25,28). The van der Waals surface area contributed by atoms with Crippen molar-refractivity contribution >= 4 is 22.4 Å². The zero-order valence-corrected chi connectivity index (χ0v) is 17.5. The highest BCUT2D eigenvalue weighted by atomic mass is 32.1. The number of rotatable bonds is 7. The summed E-state index contributed by atoms with van der Waals surface area (Å²) in [5.41, 5.74) is 2.14. The summed E-state index contributed by atoms with van der Waals surface area (Å²) < 4.78 is 6.28. The van der Waals surface area contributed by atoms with E-state index in [1.807, 2.05) is 54.6 Å². The first-order valence-electron chi connectivity index (χ1n) is 9.49. The van der Waals surface area contributed by atoms with Crippen molar-refractivity contribution in [3.63, 3.8) is 0 Å². The van der Waals surface area contributed by atoms with Crippen LogP contribution in [0.3, 0.4) is 0 Å². The number of nitrogens with zero attached hydrogens (tertiary/aromatic N) is 4. The number of nitrogens with one attached hydrogen (secondary N) is 1. The van der Waals surface area contributed by atoms with Gasteiger partial charge in [0.25, 0.3) is 5.56 Å². The molecule has 0 aliphatic rings. The Balaban J connectivity index is 1.43. The molecule has 2 aromatic carbocycles. The van der Waals surface area contributed by atoms with Crippen molar-refractivity contribution in [1.29, 1.82) is 0 Å². The largest absolute Gasteiger partial charge is 0.497 e. The molecule has 0 unspecified atom stereocenters. The maximum Gasteiger partial charge on any atom is 0.267 e. The number of carbonyl (C=O) groups excluding carboxylic acids is 1. The molecule has 0 spiro atoms. The second-order valence-electron chi connectivity index (χ2n) is 6.65. The molecule has 0 saturated heterocycles. The summed E-state index contributed by atoms with van der Waals surface area (Å²) in [5.74, 6) is 0.323. The zero-order chi connectivity index (χ0) is 21.6. The van der Waals surface area contributed by atoms with Gasteiger partial charge in [0.1, 0.15) is 17.3 Å². The number of aromatic nitrogens is 4. The van der Waals surface area contributed by atoms with Crippen molar-refractivity contribution in [3.8, 4) is 17.0 Å². The molecule has 4 aromatic rings. The van der Waals surface area contributed by atoms with Gasteiger partial charge in [0.15, 0.2) is 0 Å². The Morgan fingerprint density at radius 2 is 1.81 bits per heavy atom. The minimum Gasteiger partial charge on any atom is -0.497 e. The van der Waals surface area contributed by atoms with Gasteiger partial charge in [-0.15, -0.1) is 10.2 Å². The Morgan fingerprint density at radius 1 is 1.03 bits per heavy atom. The van der Waals surface area contributed by atoms with E-state index in [0.717, 1.165) is 26.6 Å². The number of methoxy groups -OCH3 is 1. The van der Waals surface area contributed by atoms with E-state index in [1.54, 1.807) is 13.2 Å². The maximum absolute atomic E-state index is 12.4. The lowest BCUT2D eigenvalue weighted by atomic mass is 10.1. The average molecular weight is 433 g/mol. The van der Waals surface area contributed by atoms with Crippen molar-refractivity contribution in [1.82, 2.24) is 20.0 Å². The second kappa shape index (κ2) is 9.31. The van der Waals surface area contributed by atoms with Crippen LogP contribution in [0.15, 0.2) is 71.5 Å². The number of benzene rings is 2. The van der Waals surface area contributed by atoms with Gasteiger partial charge in [0.05, 0.1) is 12.8 Å². The maximum atomic E-state index is 12.4. The van der Waals surface area contributed by atoms with Crippen LogP contribution in [-0.4, -0.2) is 33.0 Å². The van der Waals surface area contributed by atoms with Crippen LogP contribution in [0, 0.1) is 0 Å². The molecule has 1 amide bonds. The Hall–Kier alpha value is -3.85. The molecule has 8 nitrogen and oxygen atoms in total. The average Bonchev–Trinajstić information content (AvgIpc) is 3.22. The molecule has 0 fully saturated rings. The SMILES string of the molecule is COc1ccc(-c2ccc(=O)n(CC(=O)Nc3nnc(Cc4ccccc4)s3)n2)cc1. The summed E-state index contributed by atoms with van der Waals surface area (Å²) in [5, 5.41) is 16.3. The number of anilines is 1. The predicted molar refractivity (Wildman–Crippen MR) is 118 cm³/mol. The summed E-state index contributed by atoms with van der Waals surface area (Å²) in [4.78, 5) is 24.6. The zero-order valence-electron chi connectivity index (χ0n) is 16.7. The Bertz CT molecular complexity index is 1240. The molecule has 4 rings (SSSR count). The van der Waals surface area contributed by atoms with Crippen LogP contribution in [0.25, 0.3) is 11.3 Å². The van der Waals surface area contributed by atoms with Gasteiger partial charge in [-0.3, -0.25) is 14.9 Å². The normalized spacial score (nSPS) is 10.6. The van der Waals surface area contributed by atoms with Gasteiger partial charge >= 0.3 is 0 Å². The highest BCUT2D eigenvalue weighted by molar-refractivity contribution is 7.15. The fraction of sp³-hybridized carbons (Fsp3) is 0.136. The van der Waals surface area contributed by atoms with Crippen LogP contribution < -0.4 is 15.6 Å². The molecular formula is C22H19N5O3S. The molecule has 9 heteroatoms. The molecule has 0 aliphatic carbocycles. The van der Waals surface area contributed by atoms with E-state index in [0.29, 0.717) is 17.2 Å². The van der Waals surface area contributed by atoms with Crippen LogP contribution in [0.2, 0.25) is 0 Å². The van der Waals surface area contributed by atoms with Crippen LogP contribution in [0.1, 0.15) is 10.6 Å². The van der Waals surface area contributed by atoms with E-state index in [-0.39, 0.29) is 12.1 Å². The van der Waals surface area contributed by atoms with E-state index >= 15 is 0 Å². The van der Waals surface area contributed by atoms with E-state index in [1.165, 1.54) is 17.4 Å². The second-order valence-corrected chi connectivity index (χ2v) is 7.72. The number of ether oxygens (including phenoxy) is 1. The van der Waals surface area contributed by atoms with E-state index in [9.17, 15) is 9.59 Å². The molecule has 31 heavy (non-hydrogen) atoms. The molecular weight excluding hydrogens is 414 g/mol. The number of hydrogen-bond donors (Lipinski definition) is 1. The van der Waals surface area contributed by atoms with Gasteiger partial charge in [-0.1, -0.05) is 41.7 Å². The Morgan fingerprint density at radius 3 is 2.55 bits per heavy atom. The van der Waals surface area contributed by atoms with Gasteiger partial charge in [-0.2, -0.15) is 5.10 Å². The first-order valence-corrected chi connectivity index (χ1v) is 10.3. The fourth-order valence-corrected chi connectivity index (χ4v) is 3.71. The molecule has 0 atom stereocenters. The van der Waals surface area contributed by atoms with E-state index in [4.69, 9.17) is 4.74 Å². The summed E-state index contributed by atoms with van der Waals surface area (Å²) in [6.07, 6.45) is 0.638. The number of hydrogen-bond acceptors (Lipinski definition) is 7. The van der Waals surface area contributed by atoms with E-state index in [2.05, 4.69) is 20.6 Å². The van der Waals surface area contributed by atoms with Gasteiger partial charge in [0, 0.05) is 18.1 Å². The lowest BCUT2D eigenvalue weighted by Crippen LogP contribution is -2.29. The predicted octanol–water partition coefficient (Wildman–Crippen LogP) is 3.00. The van der Waals surface area contributed by atoms with Crippen LogP contribution in [-0.2, 0) is 17.8 Å². The minimum atomic E-state index is -0.399. The summed E-state index contributed by atoms with van der Waals surface area (Å²) in [6.45, 7) is -0.226. The smallest absolute Gasteiger partial charge is 0.267 e. The number of amides is 1. The monoisotopic (exact) mass is 433 g/mol. The quantitative estimate of drug-likeness (QED) is 0.481. The first-order chi connectivity index (χ1) is 15.1. The first kappa shape index (κ1) is 20.4. The Kier molecular flexibility index (Phi) is 6.13. The van der Waals surface area contributed by atoms with Crippen molar-refractivity contribution in [3.05, 3.63) is 87.7 Å². The van der Waals surface area contributed by atoms with Gasteiger partial charge < -0.3 is 4.74 Å². The topological polar surface area (TPSA) is 99.0 Å².